The van der Waals surface area contributed by atoms with Gasteiger partial charge >= 0.3 is 0 Å². The summed E-state index contributed by atoms with van der Waals surface area (Å²) in [5.74, 6) is 2.38. The minimum Gasteiger partial charge on any atom is -0.492 e. The van der Waals surface area contributed by atoms with Crippen LogP contribution in [-0.4, -0.2) is 33.1 Å². The van der Waals surface area contributed by atoms with Gasteiger partial charge in [-0.1, -0.05) is 36.4 Å². The highest BCUT2D eigenvalue weighted by Crippen LogP contribution is 2.33. The molecule has 0 bridgehead atoms. The topological polar surface area (TPSA) is 75.7 Å². The number of hydrogen-bond donors (Lipinski definition) is 2. The summed E-state index contributed by atoms with van der Waals surface area (Å²) in [6, 6.07) is 18.1. The normalized spacial score (nSPS) is 11.1. The summed E-state index contributed by atoms with van der Waals surface area (Å²) in [5.41, 5.74) is 2.52. The Kier molecular flexibility index (Phi) is 4.34. The highest BCUT2D eigenvalue weighted by Gasteiger charge is 2.14. The predicted octanol–water partition coefficient (Wildman–Crippen LogP) is 4.73. The van der Waals surface area contributed by atoms with Crippen LogP contribution in [0.15, 0.2) is 66.3 Å². The first-order valence-corrected chi connectivity index (χ1v) is 9.85. The molecule has 6 nitrogen and oxygen atoms in total. The summed E-state index contributed by atoms with van der Waals surface area (Å²) in [4.78, 5) is 16.7. The summed E-state index contributed by atoms with van der Waals surface area (Å²) in [6.07, 6.45) is 1.53. The summed E-state index contributed by atoms with van der Waals surface area (Å²) >= 11 is 1.71. The lowest BCUT2D eigenvalue weighted by atomic mass is 10.2. The summed E-state index contributed by atoms with van der Waals surface area (Å²) in [6.45, 7) is 1.16. The van der Waals surface area contributed by atoms with Crippen LogP contribution in [0.1, 0.15) is 0 Å². The van der Waals surface area contributed by atoms with Gasteiger partial charge < -0.3 is 15.0 Å². The highest BCUT2D eigenvalue weighted by atomic mass is 32.1. The van der Waals surface area contributed by atoms with Crippen LogP contribution in [0, 0.1) is 0 Å². The van der Waals surface area contributed by atoms with Crippen LogP contribution < -0.4 is 10.1 Å². The van der Waals surface area contributed by atoms with Gasteiger partial charge in [0.15, 0.2) is 11.5 Å². The third kappa shape index (κ3) is 3.16. The van der Waals surface area contributed by atoms with E-state index in [-0.39, 0.29) is 0 Å². The molecule has 3 heterocycles. The number of ether oxygens (including phenoxy) is 1. The molecule has 0 saturated carbocycles. The maximum Gasteiger partial charge on any atom is 0.183 e. The predicted molar refractivity (Wildman–Crippen MR) is 113 cm³/mol. The molecule has 0 saturated heterocycles. The monoisotopic (exact) mass is 387 g/mol. The minimum absolute atomic E-state index is 0.533. The molecule has 138 valence electrons. The maximum atomic E-state index is 5.72. The molecule has 5 aromatic rings. The molecule has 2 aromatic carbocycles. The Balaban J connectivity index is 1.37. The Morgan fingerprint density at radius 1 is 1.00 bits per heavy atom. The molecule has 0 atom stereocenters. The van der Waals surface area contributed by atoms with E-state index in [2.05, 4.69) is 42.8 Å². The standard InChI is InChI=1S/C21H17N5OS/c1-2-6-14(7-3-1)27-11-10-22-20-18-21(24-13-23-20)26-19(25-18)16-12-28-17-9-5-4-8-15(16)17/h1-9,12-13H,10-11H2,(H2,22,23,24,25,26). The largest absolute Gasteiger partial charge is 0.492 e. The van der Waals surface area contributed by atoms with Crippen LogP contribution in [0.4, 0.5) is 5.82 Å². The van der Waals surface area contributed by atoms with Crippen molar-refractivity contribution in [3.63, 3.8) is 0 Å². The molecule has 0 fully saturated rings. The summed E-state index contributed by atoms with van der Waals surface area (Å²) in [7, 11) is 0. The van der Waals surface area contributed by atoms with Gasteiger partial charge in [0.05, 0.1) is 6.54 Å². The fraction of sp³-hybridized carbons (Fsp3) is 0.0952. The second-order valence-electron chi connectivity index (χ2n) is 6.24. The number of nitrogens with zero attached hydrogens (tertiary/aromatic N) is 3. The second-order valence-corrected chi connectivity index (χ2v) is 7.15. The quantitative estimate of drug-likeness (QED) is 0.412. The average Bonchev–Trinajstić information content (AvgIpc) is 3.36. The number of H-pyrrole nitrogens is 1. The summed E-state index contributed by atoms with van der Waals surface area (Å²) in [5, 5.41) is 6.62. The molecule has 0 unspecified atom stereocenters. The van der Waals surface area contributed by atoms with E-state index in [1.54, 1.807) is 11.3 Å². The molecule has 5 rings (SSSR count). The van der Waals surface area contributed by atoms with Crippen molar-refractivity contribution < 1.29 is 4.74 Å². The first-order valence-electron chi connectivity index (χ1n) is 8.97. The molecule has 7 heteroatoms. The Hall–Kier alpha value is -3.45. The van der Waals surface area contributed by atoms with Gasteiger partial charge in [0, 0.05) is 21.0 Å². The zero-order valence-corrected chi connectivity index (χ0v) is 15.7. The van der Waals surface area contributed by atoms with Crippen molar-refractivity contribution in [2.24, 2.45) is 0 Å². The second kappa shape index (κ2) is 7.28. The lowest BCUT2D eigenvalue weighted by Gasteiger charge is -2.08. The molecule has 3 aromatic heterocycles. The lowest BCUT2D eigenvalue weighted by Crippen LogP contribution is -2.12. The van der Waals surface area contributed by atoms with Gasteiger partial charge in [0.25, 0.3) is 0 Å². The van der Waals surface area contributed by atoms with E-state index in [9.17, 15) is 0 Å². The number of hydrogen-bond acceptors (Lipinski definition) is 6. The van der Waals surface area contributed by atoms with Gasteiger partial charge in [-0.15, -0.1) is 11.3 Å². The number of aromatic amines is 1. The summed E-state index contributed by atoms with van der Waals surface area (Å²) < 4.78 is 6.96. The average molecular weight is 387 g/mol. The zero-order chi connectivity index (χ0) is 18.8. The first-order chi connectivity index (χ1) is 13.9. The number of anilines is 1. The van der Waals surface area contributed by atoms with Crippen LogP contribution in [-0.2, 0) is 0 Å². The number of imidazole rings is 1. The number of fused-ring (bicyclic) bond motifs is 2. The third-order valence-corrected chi connectivity index (χ3v) is 5.39. The van der Waals surface area contributed by atoms with Crippen molar-refractivity contribution in [1.29, 1.82) is 0 Å². The molecule has 2 N–H and O–H groups in total. The maximum absolute atomic E-state index is 5.72. The van der Waals surface area contributed by atoms with E-state index in [1.165, 1.54) is 16.4 Å². The van der Waals surface area contributed by atoms with Crippen LogP contribution >= 0.6 is 11.3 Å². The smallest absolute Gasteiger partial charge is 0.183 e. The van der Waals surface area contributed by atoms with Crippen LogP contribution in [0.25, 0.3) is 32.6 Å². The third-order valence-electron chi connectivity index (χ3n) is 4.43. The fourth-order valence-electron chi connectivity index (χ4n) is 3.11. The van der Waals surface area contributed by atoms with Crippen molar-refractivity contribution in [2.75, 3.05) is 18.5 Å². The van der Waals surface area contributed by atoms with Crippen molar-refractivity contribution >= 4 is 38.4 Å². The van der Waals surface area contributed by atoms with Gasteiger partial charge in [-0.25, -0.2) is 15.0 Å². The zero-order valence-electron chi connectivity index (χ0n) is 14.9. The number of aromatic nitrogens is 4. The fourth-order valence-corrected chi connectivity index (χ4v) is 4.05. The number of benzene rings is 2. The van der Waals surface area contributed by atoms with Gasteiger partial charge in [0.2, 0.25) is 0 Å². The number of nitrogens with one attached hydrogen (secondary N) is 2. The van der Waals surface area contributed by atoms with Crippen LogP contribution in [0.2, 0.25) is 0 Å². The van der Waals surface area contributed by atoms with Crippen molar-refractivity contribution in [3.8, 4) is 17.1 Å². The van der Waals surface area contributed by atoms with Crippen molar-refractivity contribution in [1.82, 2.24) is 19.9 Å². The van der Waals surface area contributed by atoms with Crippen molar-refractivity contribution in [2.45, 2.75) is 0 Å². The van der Waals surface area contributed by atoms with Crippen LogP contribution in [0.5, 0.6) is 5.75 Å². The van der Waals surface area contributed by atoms with Gasteiger partial charge in [-0.05, 0) is 18.2 Å². The number of rotatable bonds is 6. The Labute approximate surface area is 165 Å². The Morgan fingerprint density at radius 2 is 1.86 bits per heavy atom. The molecular formula is C21H17N5OS. The molecule has 28 heavy (non-hydrogen) atoms. The SMILES string of the molecule is c1ccc(OCCNc2ncnc3nc(-c4csc5ccccc45)[nH]c23)cc1. The van der Waals surface area contributed by atoms with Crippen molar-refractivity contribution in [3.05, 3.63) is 66.3 Å². The Morgan fingerprint density at radius 3 is 2.79 bits per heavy atom. The molecular weight excluding hydrogens is 370 g/mol. The molecule has 0 aliphatic carbocycles. The first kappa shape index (κ1) is 16.7. The number of para-hydroxylation sites is 1. The molecule has 0 spiro atoms. The van der Waals surface area contributed by atoms with E-state index in [1.807, 2.05) is 42.5 Å². The molecule has 0 amide bonds. The number of thiophene rings is 1. The van der Waals surface area contributed by atoms with Gasteiger partial charge in [-0.2, -0.15) is 0 Å². The van der Waals surface area contributed by atoms with E-state index < -0.39 is 0 Å². The molecule has 0 aliphatic heterocycles. The highest BCUT2D eigenvalue weighted by molar-refractivity contribution is 7.17. The van der Waals surface area contributed by atoms with Gasteiger partial charge in [0.1, 0.15) is 30.0 Å². The van der Waals surface area contributed by atoms with E-state index in [0.717, 1.165) is 28.5 Å². The minimum atomic E-state index is 0.533. The van der Waals surface area contributed by atoms with Gasteiger partial charge in [-0.3, -0.25) is 0 Å². The van der Waals surface area contributed by atoms with E-state index >= 15 is 0 Å². The van der Waals surface area contributed by atoms with E-state index in [0.29, 0.717) is 18.8 Å². The molecule has 0 radical (unpaired) electrons. The van der Waals surface area contributed by atoms with Crippen LogP contribution in [0.3, 0.4) is 0 Å². The molecule has 0 aliphatic rings. The Bertz CT molecular complexity index is 1230. The lowest BCUT2D eigenvalue weighted by molar-refractivity contribution is 0.333. The van der Waals surface area contributed by atoms with E-state index in [4.69, 9.17) is 4.74 Å².